The molecule has 2 aromatic rings. The first-order valence-electron chi connectivity index (χ1n) is 7.44. The third kappa shape index (κ3) is 3.98. The van der Waals surface area contributed by atoms with Crippen LogP contribution in [0.4, 0.5) is 15.8 Å². The minimum absolute atomic E-state index is 0.0185. The summed E-state index contributed by atoms with van der Waals surface area (Å²) in [5.41, 5.74) is 0.284. The summed E-state index contributed by atoms with van der Waals surface area (Å²) in [6, 6.07) is 7.05. The number of amides is 1. The quantitative estimate of drug-likeness (QED) is 0.691. The van der Waals surface area contributed by atoms with Crippen LogP contribution >= 0.6 is 39.1 Å². The number of benzene rings is 2. The number of carbonyl (C=O) groups is 1. The maximum Gasteiger partial charge on any atom is 0.257 e. The van der Waals surface area contributed by atoms with E-state index >= 15 is 0 Å². The molecule has 1 amide bonds. The fourth-order valence-corrected chi connectivity index (χ4v) is 5.24. The molecule has 1 aliphatic rings. The molecule has 138 valence electrons. The Balaban J connectivity index is 1.97. The first-order valence-corrected chi connectivity index (χ1v) is 10.6. The number of sulfonamides is 1. The van der Waals surface area contributed by atoms with Crippen molar-refractivity contribution in [3.05, 3.63) is 56.2 Å². The van der Waals surface area contributed by atoms with Crippen molar-refractivity contribution in [2.45, 2.75) is 6.42 Å². The number of carbonyl (C=O) groups excluding carboxylic acids is 1. The number of rotatable bonds is 3. The summed E-state index contributed by atoms with van der Waals surface area (Å²) in [7, 11) is -3.51. The largest absolute Gasteiger partial charge is 0.322 e. The zero-order valence-corrected chi connectivity index (χ0v) is 17.0. The van der Waals surface area contributed by atoms with Crippen LogP contribution < -0.4 is 9.62 Å². The molecule has 3 rings (SSSR count). The van der Waals surface area contributed by atoms with Gasteiger partial charge in [0.15, 0.2) is 0 Å². The summed E-state index contributed by atoms with van der Waals surface area (Å²) in [5, 5.41) is 2.58. The highest BCUT2D eigenvalue weighted by Gasteiger charge is 2.30. The van der Waals surface area contributed by atoms with Gasteiger partial charge in [-0.25, -0.2) is 12.8 Å². The van der Waals surface area contributed by atoms with E-state index in [1.807, 2.05) is 0 Å². The molecule has 1 saturated heterocycles. The molecule has 0 aromatic heterocycles. The summed E-state index contributed by atoms with van der Waals surface area (Å²) >= 11 is 15.1. The van der Waals surface area contributed by atoms with Crippen LogP contribution in [0.15, 0.2) is 34.8 Å². The molecule has 0 bridgehead atoms. The number of hydrogen-bond acceptors (Lipinski definition) is 3. The van der Waals surface area contributed by atoms with Crippen molar-refractivity contribution < 1.29 is 17.6 Å². The highest BCUT2D eigenvalue weighted by molar-refractivity contribution is 9.10. The molecule has 5 nitrogen and oxygen atoms in total. The van der Waals surface area contributed by atoms with E-state index in [1.54, 1.807) is 12.1 Å². The first-order chi connectivity index (χ1) is 12.2. The van der Waals surface area contributed by atoms with Crippen LogP contribution in [0.1, 0.15) is 16.8 Å². The van der Waals surface area contributed by atoms with Crippen molar-refractivity contribution >= 4 is 66.4 Å². The molecule has 1 fully saturated rings. The lowest BCUT2D eigenvalue weighted by molar-refractivity contribution is 0.102. The summed E-state index contributed by atoms with van der Waals surface area (Å²) in [5.74, 6) is -1.57. The fraction of sp³-hybridized carbons (Fsp3) is 0.188. The number of hydrogen-bond donors (Lipinski definition) is 1. The van der Waals surface area contributed by atoms with Crippen LogP contribution in [0.25, 0.3) is 0 Å². The van der Waals surface area contributed by atoms with Gasteiger partial charge in [0.1, 0.15) is 5.82 Å². The van der Waals surface area contributed by atoms with Crippen molar-refractivity contribution in [3.8, 4) is 0 Å². The van der Waals surface area contributed by atoms with Crippen molar-refractivity contribution in [1.29, 1.82) is 0 Å². The second kappa shape index (κ2) is 7.34. The fourth-order valence-electron chi connectivity index (χ4n) is 2.64. The molecular weight excluding hydrogens is 470 g/mol. The van der Waals surface area contributed by atoms with Crippen molar-refractivity contribution in [1.82, 2.24) is 0 Å². The molecule has 1 aliphatic heterocycles. The molecule has 1 N–H and O–H groups in total. The molecule has 0 radical (unpaired) electrons. The number of nitrogens with zero attached hydrogens (tertiary/aromatic N) is 1. The smallest absolute Gasteiger partial charge is 0.257 e. The highest BCUT2D eigenvalue weighted by Crippen LogP contribution is 2.31. The van der Waals surface area contributed by atoms with Gasteiger partial charge >= 0.3 is 0 Å². The molecule has 26 heavy (non-hydrogen) atoms. The maximum atomic E-state index is 14.2. The van der Waals surface area contributed by atoms with E-state index in [2.05, 4.69) is 21.2 Å². The van der Waals surface area contributed by atoms with Crippen LogP contribution in [-0.2, 0) is 10.0 Å². The van der Waals surface area contributed by atoms with E-state index in [-0.39, 0.29) is 28.6 Å². The van der Waals surface area contributed by atoms with Crippen LogP contribution in [0.5, 0.6) is 0 Å². The van der Waals surface area contributed by atoms with Gasteiger partial charge in [-0.1, -0.05) is 39.1 Å². The molecule has 10 heteroatoms. The van der Waals surface area contributed by atoms with Crippen molar-refractivity contribution in [2.24, 2.45) is 0 Å². The minimum atomic E-state index is -3.51. The Kier molecular flexibility index (Phi) is 5.48. The normalized spacial score (nSPS) is 15.9. The Morgan fingerprint density at radius 2 is 1.92 bits per heavy atom. The predicted molar refractivity (Wildman–Crippen MR) is 104 cm³/mol. The van der Waals surface area contributed by atoms with Gasteiger partial charge in [-0.2, -0.15) is 0 Å². The van der Waals surface area contributed by atoms with Crippen LogP contribution in [0.2, 0.25) is 10.0 Å². The Morgan fingerprint density at radius 1 is 1.19 bits per heavy atom. The lowest BCUT2D eigenvalue weighted by Crippen LogP contribution is -2.26. The SMILES string of the molecule is O=C(Nc1cc(Cl)cc(Br)c1)c1cc(N2CCCS2(=O)=O)cc(F)c1Cl. The molecule has 0 atom stereocenters. The van der Waals surface area contributed by atoms with Gasteiger partial charge in [0.25, 0.3) is 5.91 Å². The maximum absolute atomic E-state index is 14.2. The van der Waals surface area contributed by atoms with E-state index in [0.29, 0.717) is 21.6 Å². The van der Waals surface area contributed by atoms with Crippen molar-refractivity contribution in [3.63, 3.8) is 0 Å². The lowest BCUT2D eigenvalue weighted by Gasteiger charge is -2.18. The van der Waals surface area contributed by atoms with Crippen LogP contribution in [0, 0.1) is 5.82 Å². The van der Waals surface area contributed by atoms with Crippen LogP contribution in [-0.4, -0.2) is 26.6 Å². The monoisotopic (exact) mass is 480 g/mol. The molecule has 1 heterocycles. The van der Waals surface area contributed by atoms with Crippen molar-refractivity contribution in [2.75, 3.05) is 21.9 Å². The third-order valence-electron chi connectivity index (χ3n) is 3.77. The van der Waals surface area contributed by atoms with E-state index in [4.69, 9.17) is 23.2 Å². The van der Waals surface area contributed by atoms with Crippen LogP contribution in [0.3, 0.4) is 0 Å². The van der Waals surface area contributed by atoms with Gasteiger partial charge in [0.05, 0.1) is 22.0 Å². The van der Waals surface area contributed by atoms with Gasteiger partial charge in [-0.15, -0.1) is 0 Å². The van der Waals surface area contributed by atoms with Gasteiger partial charge in [-0.3, -0.25) is 9.10 Å². The zero-order chi connectivity index (χ0) is 19.1. The third-order valence-corrected chi connectivity index (χ3v) is 6.70. The Bertz CT molecular complexity index is 981. The second-order valence-electron chi connectivity index (χ2n) is 5.64. The van der Waals surface area contributed by atoms with E-state index < -0.39 is 21.7 Å². The summed E-state index contributed by atoms with van der Waals surface area (Å²) in [4.78, 5) is 12.5. The minimum Gasteiger partial charge on any atom is -0.322 e. The number of nitrogens with one attached hydrogen (secondary N) is 1. The van der Waals surface area contributed by atoms with Gasteiger partial charge in [0.2, 0.25) is 10.0 Å². The summed E-state index contributed by atoms with van der Waals surface area (Å²) in [6.07, 6.45) is 0.435. The standard InChI is InChI=1S/C16H12BrCl2FN2O3S/c17-9-4-10(18)6-11(5-9)21-16(23)13-7-12(8-14(20)15(13)19)22-2-1-3-26(22,24)25/h4-8H,1-3H2,(H,21,23). The highest BCUT2D eigenvalue weighted by atomic mass is 79.9. The Morgan fingerprint density at radius 3 is 2.54 bits per heavy atom. The van der Waals surface area contributed by atoms with Gasteiger partial charge in [0, 0.05) is 21.7 Å². The van der Waals surface area contributed by atoms with Gasteiger partial charge in [-0.05, 0) is 36.8 Å². The summed E-state index contributed by atoms with van der Waals surface area (Å²) in [6.45, 7) is 0.228. The molecule has 2 aromatic carbocycles. The topological polar surface area (TPSA) is 66.5 Å². The van der Waals surface area contributed by atoms with Gasteiger partial charge < -0.3 is 5.32 Å². The zero-order valence-electron chi connectivity index (χ0n) is 13.1. The second-order valence-corrected chi connectivity index (χ2v) is 9.39. The number of anilines is 2. The lowest BCUT2D eigenvalue weighted by atomic mass is 10.1. The van der Waals surface area contributed by atoms with E-state index in [1.165, 1.54) is 12.1 Å². The summed E-state index contributed by atoms with van der Waals surface area (Å²) < 4.78 is 40.1. The van der Waals surface area contributed by atoms with E-state index in [0.717, 1.165) is 10.4 Å². The molecule has 0 unspecified atom stereocenters. The first kappa shape index (κ1) is 19.4. The molecule has 0 saturated carbocycles. The Labute approximate surface area is 168 Å². The predicted octanol–water partition coefficient (Wildman–Crippen LogP) is 4.69. The molecular formula is C16H12BrCl2FN2O3S. The average Bonchev–Trinajstić information content (AvgIpc) is 2.88. The number of halogens is 4. The molecule has 0 spiro atoms. The van der Waals surface area contributed by atoms with E-state index in [9.17, 15) is 17.6 Å². The molecule has 0 aliphatic carbocycles. The Hall–Kier alpha value is -1.35. The average molecular weight is 482 g/mol.